The molecule has 0 bridgehead atoms. The Morgan fingerprint density at radius 2 is 1.62 bits per heavy atom. The lowest BCUT2D eigenvalue weighted by Gasteiger charge is -2.26. The second kappa shape index (κ2) is 9.99. The van der Waals surface area contributed by atoms with E-state index in [0.29, 0.717) is 29.4 Å². The molecule has 0 spiro atoms. The van der Waals surface area contributed by atoms with Crippen molar-refractivity contribution in [3.8, 4) is 11.5 Å². The van der Waals surface area contributed by atoms with Crippen molar-refractivity contribution < 1.29 is 23.9 Å². The zero-order valence-corrected chi connectivity index (χ0v) is 20.4. The van der Waals surface area contributed by atoms with E-state index in [1.165, 1.54) is 13.2 Å². The van der Waals surface area contributed by atoms with Crippen LogP contribution in [0, 0.1) is 6.92 Å². The van der Waals surface area contributed by atoms with Gasteiger partial charge in [-0.05, 0) is 59.2 Å². The van der Waals surface area contributed by atoms with Gasteiger partial charge >= 0.3 is 6.03 Å². The number of imide groups is 2. The van der Waals surface area contributed by atoms with Crippen molar-refractivity contribution in [2.45, 2.75) is 13.5 Å². The lowest BCUT2D eigenvalue weighted by atomic mass is 10.1. The molecule has 7 heteroatoms. The van der Waals surface area contributed by atoms with Gasteiger partial charge in [-0.15, -0.1) is 0 Å². The van der Waals surface area contributed by atoms with Crippen LogP contribution < -0.4 is 19.7 Å². The summed E-state index contributed by atoms with van der Waals surface area (Å²) in [6, 6.07) is 25.4. The van der Waals surface area contributed by atoms with Crippen molar-refractivity contribution in [2.75, 3.05) is 12.0 Å². The number of anilines is 1. The molecule has 0 aliphatic carbocycles. The van der Waals surface area contributed by atoms with Crippen LogP contribution in [0.1, 0.15) is 16.7 Å². The first-order chi connectivity index (χ1) is 17.9. The number of barbiturate groups is 1. The highest BCUT2D eigenvalue weighted by Gasteiger charge is 2.36. The number of methoxy groups -OCH3 is 1. The van der Waals surface area contributed by atoms with Gasteiger partial charge < -0.3 is 9.47 Å². The number of hydrogen-bond donors (Lipinski definition) is 1. The molecular formula is C30H24N2O5. The van der Waals surface area contributed by atoms with Gasteiger partial charge in [0, 0.05) is 0 Å². The van der Waals surface area contributed by atoms with Crippen molar-refractivity contribution in [3.63, 3.8) is 0 Å². The monoisotopic (exact) mass is 492 g/mol. The lowest BCUT2D eigenvalue weighted by Crippen LogP contribution is -2.54. The minimum Gasteiger partial charge on any atom is -0.493 e. The van der Waals surface area contributed by atoms with Gasteiger partial charge in [-0.25, -0.2) is 9.69 Å². The van der Waals surface area contributed by atoms with Crippen molar-refractivity contribution in [1.29, 1.82) is 0 Å². The summed E-state index contributed by atoms with van der Waals surface area (Å²) >= 11 is 0. The SMILES string of the molecule is COc1cc(/C=C2/C(=O)NC(=O)N(c3ccc(C)cc3)C2=O)ccc1OCc1cccc2ccccc12. The number of carbonyl (C=O) groups is 3. The number of urea groups is 1. The summed E-state index contributed by atoms with van der Waals surface area (Å²) in [4.78, 5) is 39.1. The first kappa shape index (κ1) is 23.8. The maximum atomic E-state index is 13.1. The Bertz CT molecular complexity index is 1550. The highest BCUT2D eigenvalue weighted by atomic mass is 16.5. The van der Waals surface area contributed by atoms with Gasteiger partial charge in [0.1, 0.15) is 12.2 Å². The maximum absolute atomic E-state index is 13.1. The molecule has 37 heavy (non-hydrogen) atoms. The fourth-order valence-electron chi connectivity index (χ4n) is 4.22. The number of carbonyl (C=O) groups excluding carboxylic acids is 3. The third-order valence-electron chi connectivity index (χ3n) is 6.16. The molecule has 4 aromatic carbocycles. The number of hydrogen-bond acceptors (Lipinski definition) is 5. The molecule has 0 unspecified atom stereocenters. The van der Waals surface area contributed by atoms with Crippen LogP contribution in [0.25, 0.3) is 16.8 Å². The molecule has 0 aromatic heterocycles. The molecule has 0 radical (unpaired) electrons. The van der Waals surface area contributed by atoms with Crippen molar-refractivity contribution in [1.82, 2.24) is 5.32 Å². The second-order valence-electron chi connectivity index (χ2n) is 8.63. The number of benzene rings is 4. The van der Waals surface area contributed by atoms with E-state index in [0.717, 1.165) is 26.8 Å². The fraction of sp³-hybridized carbons (Fsp3) is 0.100. The number of nitrogens with zero attached hydrogens (tertiary/aromatic N) is 1. The fourth-order valence-corrected chi connectivity index (χ4v) is 4.22. The highest BCUT2D eigenvalue weighted by molar-refractivity contribution is 6.39. The highest BCUT2D eigenvalue weighted by Crippen LogP contribution is 2.31. The maximum Gasteiger partial charge on any atom is 0.335 e. The Morgan fingerprint density at radius 3 is 2.41 bits per heavy atom. The topological polar surface area (TPSA) is 84.9 Å². The van der Waals surface area contributed by atoms with Gasteiger partial charge in [0.05, 0.1) is 12.8 Å². The van der Waals surface area contributed by atoms with E-state index in [2.05, 4.69) is 23.5 Å². The van der Waals surface area contributed by atoms with E-state index in [9.17, 15) is 14.4 Å². The average molecular weight is 493 g/mol. The van der Waals surface area contributed by atoms with Crippen molar-refractivity contribution >= 4 is 40.4 Å². The van der Waals surface area contributed by atoms with Crippen LogP contribution in [0.4, 0.5) is 10.5 Å². The summed E-state index contributed by atoms with van der Waals surface area (Å²) in [7, 11) is 1.52. The average Bonchev–Trinajstić information content (AvgIpc) is 2.91. The van der Waals surface area contributed by atoms with Gasteiger partial charge in [0.15, 0.2) is 11.5 Å². The smallest absolute Gasteiger partial charge is 0.335 e. The van der Waals surface area contributed by atoms with Crippen LogP contribution in [0.15, 0.2) is 90.5 Å². The second-order valence-corrected chi connectivity index (χ2v) is 8.63. The number of amides is 4. The molecule has 7 nitrogen and oxygen atoms in total. The molecule has 1 aliphatic rings. The third kappa shape index (κ3) is 4.79. The summed E-state index contributed by atoms with van der Waals surface area (Å²) in [5, 5.41) is 4.48. The van der Waals surface area contributed by atoms with Crippen LogP contribution >= 0.6 is 0 Å². The predicted molar refractivity (Wildman–Crippen MR) is 141 cm³/mol. The quantitative estimate of drug-likeness (QED) is 0.288. The van der Waals surface area contributed by atoms with Crippen LogP contribution in [0.5, 0.6) is 11.5 Å². The molecule has 1 fully saturated rings. The minimum absolute atomic E-state index is 0.161. The molecular weight excluding hydrogens is 468 g/mol. The number of nitrogens with one attached hydrogen (secondary N) is 1. The Hall–Kier alpha value is -4.91. The van der Waals surface area contributed by atoms with Gasteiger partial charge in [-0.2, -0.15) is 0 Å². The van der Waals surface area contributed by atoms with E-state index in [1.54, 1.807) is 42.5 Å². The zero-order valence-electron chi connectivity index (χ0n) is 20.4. The Balaban J connectivity index is 1.40. The summed E-state index contributed by atoms with van der Waals surface area (Å²) in [6.07, 6.45) is 1.43. The molecule has 184 valence electrons. The summed E-state index contributed by atoms with van der Waals surface area (Å²) in [5.74, 6) is -0.486. The molecule has 0 atom stereocenters. The molecule has 1 N–H and O–H groups in total. The van der Waals surface area contributed by atoms with Crippen molar-refractivity contribution in [3.05, 3.63) is 107 Å². The Labute approximate surface area is 213 Å². The van der Waals surface area contributed by atoms with Gasteiger partial charge in [-0.3, -0.25) is 14.9 Å². The number of ether oxygens (including phenoxy) is 2. The van der Waals surface area contributed by atoms with Crippen LogP contribution in [0.2, 0.25) is 0 Å². The zero-order chi connectivity index (χ0) is 25.9. The largest absolute Gasteiger partial charge is 0.493 e. The van der Waals surface area contributed by atoms with Gasteiger partial charge in [0.2, 0.25) is 0 Å². The first-order valence-corrected chi connectivity index (χ1v) is 11.7. The molecule has 1 heterocycles. The van der Waals surface area contributed by atoms with Crippen LogP contribution in [-0.2, 0) is 16.2 Å². The molecule has 4 aromatic rings. The van der Waals surface area contributed by atoms with E-state index >= 15 is 0 Å². The number of rotatable bonds is 6. The van der Waals surface area contributed by atoms with Crippen LogP contribution in [0.3, 0.4) is 0 Å². The molecule has 1 saturated heterocycles. The lowest BCUT2D eigenvalue weighted by molar-refractivity contribution is -0.122. The van der Waals surface area contributed by atoms with E-state index < -0.39 is 17.8 Å². The summed E-state index contributed by atoms with van der Waals surface area (Å²) in [6.45, 7) is 2.24. The van der Waals surface area contributed by atoms with Gasteiger partial charge in [0.25, 0.3) is 11.8 Å². The Morgan fingerprint density at radius 1 is 0.865 bits per heavy atom. The van der Waals surface area contributed by atoms with Gasteiger partial charge in [-0.1, -0.05) is 66.2 Å². The van der Waals surface area contributed by atoms with E-state index in [1.807, 2.05) is 31.2 Å². The number of fused-ring (bicyclic) bond motifs is 1. The standard InChI is InChI=1S/C30H24N2O5/c1-19-10-13-23(14-11-19)32-29(34)25(28(33)31-30(32)35)16-20-12-15-26(27(17-20)36-2)37-18-22-8-5-7-21-6-3-4-9-24(21)22/h3-17H,18H2,1-2H3,(H,31,33,35)/b25-16-. The predicted octanol–water partition coefficient (Wildman–Crippen LogP) is 5.40. The summed E-state index contributed by atoms with van der Waals surface area (Å²) < 4.78 is 11.6. The van der Waals surface area contributed by atoms with Crippen LogP contribution in [-0.4, -0.2) is 25.0 Å². The third-order valence-corrected chi connectivity index (χ3v) is 6.16. The Kier molecular flexibility index (Phi) is 6.43. The minimum atomic E-state index is -0.786. The summed E-state index contributed by atoms with van der Waals surface area (Å²) in [5.41, 5.74) is 2.78. The number of aryl methyl sites for hydroxylation is 1. The van der Waals surface area contributed by atoms with E-state index in [-0.39, 0.29) is 5.57 Å². The molecule has 1 aliphatic heterocycles. The molecule has 5 rings (SSSR count). The first-order valence-electron chi connectivity index (χ1n) is 11.7. The molecule has 0 saturated carbocycles. The van der Waals surface area contributed by atoms with E-state index in [4.69, 9.17) is 9.47 Å². The molecule has 4 amide bonds. The normalized spacial score (nSPS) is 14.7. The van der Waals surface area contributed by atoms with Crippen molar-refractivity contribution in [2.24, 2.45) is 0 Å².